The predicted octanol–water partition coefficient (Wildman–Crippen LogP) is 4.07. The standard InChI is InChI=1S/C27H36N4O4/c1-19(2)25(30-27(34)35-18-21-10-5-4-6-11-21)26(33)28-20(3)16-24(32)29-22-12-9-13-23(17-22)31-14-7-8-15-31/h4-6,9-13,17,19-20,25H,7-8,14-16,18H2,1-3H3,(H,28,33)(H,29,32)(H,30,34)/t20?,25-/m0/s1. The first-order valence-corrected chi connectivity index (χ1v) is 12.2. The maximum atomic E-state index is 12.8. The zero-order valence-corrected chi connectivity index (χ0v) is 20.8. The van der Waals surface area contributed by atoms with Gasteiger partial charge in [0, 0.05) is 36.9 Å². The van der Waals surface area contributed by atoms with E-state index in [-0.39, 0.29) is 30.8 Å². The summed E-state index contributed by atoms with van der Waals surface area (Å²) in [5.74, 6) is -0.700. The first kappa shape index (κ1) is 26.1. The fourth-order valence-electron chi connectivity index (χ4n) is 4.06. The van der Waals surface area contributed by atoms with E-state index in [9.17, 15) is 14.4 Å². The molecule has 0 bridgehead atoms. The highest BCUT2D eigenvalue weighted by Gasteiger charge is 2.26. The van der Waals surface area contributed by atoms with Crippen molar-refractivity contribution in [1.82, 2.24) is 10.6 Å². The van der Waals surface area contributed by atoms with Gasteiger partial charge >= 0.3 is 6.09 Å². The molecule has 1 fully saturated rings. The van der Waals surface area contributed by atoms with Crippen molar-refractivity contribution in [1.29, 1.82) is 0 Å². The molecule has 0 saturated carbocycles. The van der Waals surface area contributed by atoms with E-state index >= 15 is 0 Å². The molecule has 2 aromatic carbocycles. The summed E-state index contributed by atoms with van der Waals surface area (Å²) in [5, 5.41) is 8.39. The van der Waals surface area contributed by atoms with Crippen molar-refractivity contribution in [3.63, 3.8) is 0 Å². The van der Waals surface area contributed by atoms with Gasteiger partial charge in [-0.3, -0.25) is 9.59 Å². The normalized spacial score (nSPS) is 14.8. The number of benzene rings is 2. The van der Waals surface area contributed by atoms with Crippen molar-refractivity contribution in [2.75, 3.05) is 23.3 Å². The molecule has 2 aromatic rings. The van der Waals surface area contributed by atoms with Crippen LogP contribution in [0.4, 0.5) is 16.2 Å². The monoisotopic (exact) mass is 480 g/mol. The average molecular weight is 481 g/mol. The third-order valence-corrected chi connectivity index (χ3v) is 5.92. The first-order chi connectivity index (χ1) is 16.8. The van der Waals surface area contributed by atoms with Crippen molar-refractivity contribution >= 4 is 29.3 Å². The highest BCUT2D eigenvalue weighted by atomic mass is 16.5. The third-order valence-electron chi connectivity index (χ3n) is 5.92. The Morgan fingerprint density at radius 2 is 1.66 bits per heavy atom. The average Bonchev–Trinajstić information content (AvgIpc) is 3.36. The Morgan fingerprint density at radius 1 is 0.943 bits per heavy atom. The van der Waals surface area contributed by atoms with Crippen molar-refractivity contribution in [3.05, 3.63) is 60.2 Å². The quantitative estimate of drug-likeness (QED) is 0.476. The maximum Gasteiger partial charge on any atom is 0.408 e. The van der Waals surface area contributed by atoms with Gasteiger partial charge in [-0.2, -0.15) is 0 Å². The summed E-state index contributed by atoms with van der Waals surface area (Å²) >= 11 is 0. The zero-order valence-electron chi connectivity index (χ0n) is 20.8. The van der Waals surface area contributed by atoms with E-state index in [1.54, 1.807) is 6.92 Å². The Labute approximate surface area is 207 Å². The Kier molecular flexibility index (Phi) is 9.52. The van der Waals surface area contributed by atoms with Gasteiger partial charge < -0.3 is 25.6 Å². The molecule has 1 heterocycles. The van der Waals surface area contributed by atoms with Gasteiger partial charge in [0.25, 0.3) is 0 Å². The number of hydrogen-bond donors (Lipinski definition) is 3. The third kappa shape index (κ3) is 8.31. The van der Waals surface area contributed by atoms with E-state index < -0.39 is 18.2 Å². The molecule has 8 heteroatoms. The van der Waals surface area contributed by atoms with Gasteiger partial charge in [0.05, 0.1) is 0 Å². The molecule has 3 N–H and O–H groups in total. The lowest BCUT2D eigenvalue weighted by Crippen LogP contribution is -2.52. The fraction of sp³-hybridized carbons (Fsp3) is 0.444. The number of carbonyl (C=O) groups is 3. The van der Waals surface area contributed by atoms with Crippen molar-refractivity contribution in [2.24, 2.45) is 5.92 Å². The molecule has 3 amide bonds. The van der Waals surface area contributed by atoms with Crippen molar-refractivity contribution in [3.8, 4) is 0 Å². The van der Waals surface area contributed by atoms with Crippen LogP contribution < -0.4 is 20.9 Å². The summed E-state index contributed by atoms with van der Waals surface area (Å²) < 4.78 is 5.24. The van der Waals surface area contributed by atoms with Gasteiger partial charge in [-0.1, -0.05) is 50.2 Å². The lowest BCUT2D eigenvalue weighted by atomic mass is 10.0. The van der Waals surface area contributed by atoms with Crippen molar-refractivity contribution < 1.29 is 19.1 Å². The number of amides is 3. The van der Waals surface area contributed by atoms with Crippen LogP contribution in [-0.4, -0.2) is 43.1 Å². The van der Waals surface area contributed by atoms with Gasteiger partial charge in [0.2, 0.25) is 11.8 Å². The SMILES string of the molecule is CC(CC(=O)Nc1cccc(N2CCCC2)c1)NC(=O)[C@@H](NC(=O)OCc1ccccc1)C(C)C. The van der Waals surface area contributed by atoms with E-state index in [1.165, 1.54) is 12.8 Å². The Balaban J connectivity index is 1.46. The Bertz CT molecular complexity index is 990. The number of hydrogen-bond acceptors (Lipinski definition) is 5. The van der Waals surface area contributed by atoms with E-state index in [0.29, 0.717) is 0 Å². The number of nitrogens with zero attached hydrogens (tertiary/aromatic N) is 1. The molecule has 1 saturated heterocycles. The molecular formula is C27H36N4O4. The van der Waals surface area contributed by atoms with Gasteiger partial charge in [-0.15, -0.1) is 0 Å². The van der Waals surface area contributed by atoms with Gasteiger partial charge in [0.1, 0.15) is 12.6 Å². The molecule has 0 aromatic heterocycles. The topological polar surface area (TPSA) is 99.8 Å². The summed E-state index contributed by atoms with van der Waals surface area (Å²) in [4.78, 5) is 39.9. The predicted molar refractivity (Wildman–Crippen MR) is 137 cm³/mol. The largest absolute Gasteiger partial charge is 0.445 e. The maximum absolute atomic E-state index is 12.8. The summed E-state index contributed by atoms with van der Waals surface area (Å²) in [6, 6.07) is 16.0. The number of rotatable bonds is 10. The second-order valence-corrected chi connectivity index (χ2v) is 9.33. The van der Waals surface area contributed by atoms with Gasteiger partial charge in [-0.25, -0.2) is 4.79 Å². The van der Waals surface area contributed by atoms with Crippen LogP contribution >= 0.6 is 0 Å². The number of nitrogens with one attached hydrogen (secondary N) is 3. The molecule has 8 nitrogen and oxygen atoms in total. The molecule has 1 unspecified atom stereocenters. The lowest BCUT2D eigenvalue weighted by molar-refractivity contribution is -0.125. The zero-order chi connectivity index (χ0) is 25.2. The molecule has 35 heavy (non-hydrogen) atoms. The van der Waals surface area contributed by atoms with Crippen LogP contribution in [-0.2, 0) is 20.9 Å². The molecule has 0 spiro atoms. The fourth-order valence-corrected chi connectivity index (χ4v) is 4.06. The molecule has 3 rings (SSSR count). The minimum atomic E-state index is -0.777. The van der Waals surface area contributed by atoms with Crippen LogP contribution in [0.1, 0.15) is 45.6 Å². The number of alkyl carbamates (subject to hydrolysis) is 1. The lowest BCUT2D eigenvalue weighted by Gasteiger charge is -2.23. The minimum Gasteiger partial charge on any atom is -0.445 e. The van der Waals surface area contributed by atoms with Crippen LogP contribution in [0.2, 0.25) is 0 Å². The Hall–Kier alpha value is -3.55. The first-order valence-electron chi connectivity index (χ1n) is 12.2. The van der Waals surface area contributed by atoms with E-state index in [1.807, 2.05) is 68.4 Å². The molecule has 2 atom stereocenters. The molecule has 0 radical (unpaired) electrons. The number of anilines is 2. The van der Waals surface area contributed by atoms with Gasteiger partial charge in [-0.05, 0) is 49.4 Å². The highest BCUT2D eigenvalue weighted by molar-refractivity contribution is 5.92. The second kappa shape index (κ2) is 12.8. The summed E-state index contributed by atoms with van der Waals surface area (Å²) in [6.07, 6.45) is 1.82. The van der Waals surface area contributed by atoms with Crippen LogP contribution in [0.3, 0.4) is 0 Å². The molecule has 0 aliphatic carbocycles. The highest BCUT2D eigenvalue weighted by Crippen LogP contribution is 2.23. The van der Waals surface area contributed by atoms with Crippen LogP contribution in [0.25, 0.3) is 0 Å². The summed E-state index contributed by atoms with van der Waals surface area (Å²) in [5.41, 5.74) is 2.70. The van der Waals surface area contributed by atoms with Crippen molar-refractivity contribution in [2.45, 2.75) is 58.7 Å². The van der Waals surface area contributed by atoms with Crippen LogP contribution in [0.15, 0.2) is 54.6 Å². The minimum absolute atomic E-state index is 0.114. The van der Waals surface area contributed by atoms with E-state index in [4.69, 9.17) is 4.74 Å². The van der Waals surface area contributed by atoms with E-state index in [0.717, 1.165) is 30.0 Å². The summed E-state index contributed by atoms with van der Waals surface area (Å²) in [7, 11) is 0. The molecule has 1 aliphatic rings. The summed E-state index contributed by atoms with van der Waals surface area (Å²) in [6.45, 7) is 7.63. The molecule has 188 valence electrons. The molecule has 1 aliphatic heterocycles. The van der Waals surface area contributed by atoms with Crippen LogP contribution in [0.5, 0.6) is 0 Å². The Morgan fingerprint density at radius 3 is 2.34 bits per heavy atom. The smallest absolute Gasteiger partial charge is 0.408 e. The van der Waals surface area contributed by atoms with Crippen LogP contribution in [0, 0.1) is 5.92 Å². The van der Waals surface area contributed by atoms with Gasteiger partial charge in [0.15, 0.2) is 0 Å². The van der Waals surface area contributed by atoms with E-state index in [2.05, 4.69) is 20.9 Å². The molecular weight excluding hydrogens is 444 g/mol. The number of ether oxygens (including phenoxy) is 1. The number of carbonyl (C=O) groups excluding carboxylic acids is 3. The second-order valence-electron chi connectivity index (χ2n) is 9.33.